The molecule has 1 unspecified atom stereocenters. The van der Waals surface area contributed by atoms with Crippen LogP contribution in [0.5, 0.6) is 0 Å². The summed E-state index contributed by atoms with van der Waals surface area (Å²) in [5.74, 6) is 0. The molecule has 1 aromatic rings. The molecule has 0 aromatic carbocycles. The number of nitrogens with two attached hydrogens (primary N) is 1. The van der Waals surface area contributed by atoms with Crippen molar-refractivity contribution in [1.82, 2.24) is 4.98 Å². The molecule has 1 heterocycles. The average molecular weight is 220 g/mol. The first-order chi connectivity index (χ1) is 5.95. The van der Waals surface area contributed by atoms with Crippen LogP contribution in [0.2, 0.25) is 0 Å². The summed E-state index contributed by atoms with van der Waals surface area (Å²) < 4.78 is 22.3. The van der Waals surface area contributed by atoms with Crippen molar-refractivity contribution in [3.63, 3.8) is 0 Å². The maximum atomic E-state index is 11.2. The third-order valence-electron chi connectivity index (χ3n) is 1.77. The van der Waals surface area contributed by atoms with Crippen molar-refractivity contribution in [2.75, 3.05) is 6.26 Å². The highest BCUT2D eigenvalue weighted by Crippen LogP contribution is 2.23. The molecule has 0 aliphatic carbocycles. The minimum atomic E-state index is -3.04. The summed E-state index contributed by atoms with van der Waals surface area (Å²) in [4.78, 5) is 4.11. The van der Waals surface area contributed by atoms with Gasteiger partial charge in [-0.05, 0) is 6.92 Å². The van der Waals surface area contributed by atoms with Gasteiger partial charge < -0.3 is 5.73 Å². The Hall–Kier alpha value is -0.460. The van der Waals surface area contributed by atoms with Crippen LogP contribution in [0.3, 0.4) is 0 Å². The van der Waals surface area contributed by atoms with Gasteiger partial charge in [0.1, 0.15) is 10.3 Å². The Bertz CT molecular complexity index is 383. The average Bonchev–Trinajstić information content (AvgIpc) is 2.48. The first kappa shape index (κ1) is 10.6. The van der Waals surface area contributed by atoms with Crippen molar-refractivity contribution in [1.29, 1.82) is 0 Å². The van der Waals surface area contributed by atoms with Gasteiger partial charge in [0.2, 0.25) is 0 Å². The van der Waals surface area contributed by atoms with Gasteiger partial charge in [0.05, 0.1) is 5.69 Å². The maximum Gasteiger partial charge on any atom is 0.156 e. The SMILES string of the molecule is CC(c1nc(CN)cs1)S(C)(=O)=O. The molecule has 1 aromatic heterocycles. The van der Waals surface area contributed by atoms with Crippen LogP contribution < -0.4 is 5.73 Å². The lowest BCUT2D eigenvalue weighted by atomic mass is 10.5. The first-order valence-corrected chi connectivity index (χ1v) is 6.62. The lowest BCUT2D eigenvalue weighted by Crippen LogP contribution is -2.07. The number of hydrogen-bond donors (Lipinski definition) is 1. The summed E-state index contributed by atoms with van der Waals surface area (Å²) in [7, 11) is -3.04. The van der Waals surface area contributed by atoms with Gasteiger partial charge >= 0.3 is 0 Å². The van der Waals surface area contributed by atoms with Crippen LogP contribution in [0.15, 0.2) is 5.38 Å². The van der Waals surface area contributed by atoms with E-state index in [1.165, 1.54) is 17.6 Å². The van der Waals surface area contributed by atoms with Crippen LogP contribution in [0.25, 0.3) is 0 Å². The lowest BCUT2D eigenvalue weighted by molar-refractivity contribution is 0.592. The van der Waals surface area contributed by atoms with E-state index in [-0.39, 0.29) is 0 Å². The third-order valence-corrected chi connectivity index (χ3v) is 4.50. The molecule has 74 valence electrons. The molecule has 0 amide bonds. The normalized spacial score (nSPS) is 14.4. The summed E-state index contributed by atoms with van der Waals surface area (Å²) >= 11 is 1.34. The number of aromatic nitrogens is 1. The highest BCUT2D eigenvalue weighted by Gasteiger charge is 2.20. The second-order valence-corrected chi connectivity index (χ2v) is 6.11. The standard InChI is InChI=1S/C7H12N2O2S2/c1-5(13(2,10)11)7-9-6(3-8)4-12-7/h4-5H,3,8H2,1-2H3. The zero-order valence-electron chi connectivity index (χ0n) is 7.52. The van der Waals surface area contributed by atoms with Crippen LogP contribution in [0.4, 0.5) is 0 Å². The largest absolute Gasteiger partial charge is 0.325 e. The highest BCUT2D eigenvalue weighted by atomic mass is 32.2. The molecule has 4 nitrogen and oxygen atoms in total. The molecule has 1 rings (SSSR count). The summed E-state index contributed by atoms with van der Waals surface area (Å²) in [6, 6.07) is 0. The smallest absolute Gasteiger partial charge is 0.156 e. The van der Waals surface area contributed by atoms with E-state index in [9.17, 15) is 8.42 Å². The number of sulfone groups is 1. The van der Waals surface area contributed by atoms with Crippen molar-refractivity contribution < 1.29 is 8.42 Å². The van der Waals surface area contributed by atoms with E-state index >= 15 is 0 Å². The van der Waals surface area contributed by atoms with E-state index in [2.05, 4.69) is 4.98 Å². The molecule has 0 aliphatic heterocycles. The van der Waals surface area contributed by atoms with E-state index in [0.717, 1.165) is 5.69 Å². The Morgan fingerprint density at radius 1 is 1.69 bits per heavy atom. The molecule has 1 atom stereocenters. The van der Waals surface area contributed by atoms with Gasteiger partial charge in [-0.3, -0.25) is 0 Å². The van der Waals surface area contributed by atoms with Crippen molar-refractivity contribution in [3.05, 3.63) is 16.1 Å². The molecule has 0 radical (unpaired) electrons. The van der Waals surface area contributed by atoms with Gasteiger partial charge in [-0.25, -0.2) is 13.4 Å². The molecule has 2 N–H and O–H groups in total. The summed E-state index contributed by atoms with van der Waals surface area (Å²) in [6.07, 6.45) is 1.21. The monoisotopic (exact) mass is 220 g/mol. The van der Waals surface area contributed by atoms with Crippen molar-refractivity contribution in [3.8, 4) is 0 Å². The molecule has 0 saturated heterocycles. The zero-order valence-corrected chi connectivity index (χ0v) is 9.15. The Balaban J connectivity index is 2.96. The van der Waals surface area contributed by atoms with Gasteiger partial charge in [0.25, 0.3) is 0 Å². The summed E-state index contributed by atoms with van der Waals surface area (Å²) in [6.45, 7) is 1.99. The van der Waals surface area contributed by atoms with Crippen LogP contribution in [-0.2, 0) is 16.4 Å². The quantitative estimate of drug-likeness (QED) is 0.814. The van der Waals surface area contributed by atoms with Crippen molar-refractivity contribution in [2.45, 2.75) is 18.7 Å². The fraction of sp³-hybridized carbons (Fsp3) is 0.571. The van der Waals surface area contributed by atoms with E-state index in [4.69, 9.17) is 5.73 Å². The van der Waals surface area contributed by atoms with Crippen LogP contribution in [0, 0.1) is 0 Å². The van der Waals surface area contributed by atoms with Gasteiger partial charge in [-0.2, -0.15) is 0 Å². The molecule has 0 bridgehead atoms. The summed E-state index contributed by atoms with van der Waals surface area (Å²) in [5.41, 5.74) is 6.11. The molecular weight excluding hydrogens is 208 g/mol. The molecule has 0 fully saturated rings. The highest BCUT2D eigenvalue weighted by molar-refractivity contribution is 7.91. The van der Waals surface area contributed by atoms with E-state index in [1.807, 2.05) is 0 Å². The molecule has 0 spiro atoms. The van der Waals surface area contributed by atoms with Gasteiger partial charge in [-0.1, -0.05) is 0 Å². The Labute approximate surface area is 81.7 Å². The topological polar surface area (TPSA) is 73.0 Å². The molecule has 0 saturated carbocycles. The third kappa shape index (κ3) is 2.49. The van der Waals surface area contributed by atoms with Crippen molar-refractivity contribution in [2.24, 2.45) is 5.73 Å². The molecule has 0 aliphatic rings. The lowest BCUT2D eigenvalue weighted by Gasteiger charge is -2.03. The molecule has 13 heavy (non-hydrogen) atoms. The fourth-order valence-corrected chi connectivity index (χ4v) is 2.66. The summed E-state index contributed by atoms with van der Waals surface area (Å²) in [5, 5.41) is 1.87. The predicted molar refractivity (Wildman–Crippen MR) is 53.3 cm³/mol. The fourth-order valence-electron chi connectivity index (χ4n) is 0.786. The Kier molecular flexibility index (Phi) is 3.05. The zero-order chi connectivity index (χ0) is 10.1. The van der Waals surface area contributed by atoms with Gasteiger partial charge in [-0.15, -0.1) is 11.3 Å². The first-order valence-electron chi connectivity index (χ1n) is 3.78. The van der Waals surface area contributed by atoms with E-state index in [0.29, 0.717) is 11.6 Å². The van der Waals surface area contributed by atoms with Gasteiger partial charge in [0.15, 0.2) is 9.84 Å². The van der Waals surface area contributed by atoms with Crippen LogP contribution in [-0.4, -0.2) is 19.7 Å². The minimum absolute atomic E-state index is 0.354. The number of thiazole rings is 1. The minimum Gasteiger partial charge on any atom is -0.325 e. The van der Waals surface area contributed by atoms with E-state index in [1.54, 1.807) is 12.3 Å². The molecular formula is C7H12N2O2S2. The number of rotatable bonds is 3. The number of nitrogens with zero attached hydrogens (tertiary/aromatic N) is 1. The predicted octanol–water partition coefficient (Wildman–Crippen LogP) is 0.707. The van der Waals surface area contributed by atoms with Gasteiger partial charge in [0, 0.05) is 18.2 Å². The van der Waals surface area contributed by atoms with E-state index < -0.39 is 15.1 Å². The van der Waals surface area contributed by atoms with Crippen LogP contribution >= 0.6 is 11.3 Å². The maximum absolute atomic E-state index is 11.2. The van der Waals surface area contributed by atoms with Crippen molar-refractivity contribution >= 4 is 21.2 Å². The second-order valence-electron chi connectivity index (χ2n) is 2.85. The molecule has 6 heteroatoms. The Morgan fingerprint density at radius 2 is 2.31 bits per heavy atom. The number of hydrogen-bond acceptors (Lipinski definition) is 5. The Morgan fingerprint density at radius 3 is 2.69 bits per heavy atom. The second kappa shape index (κ2) is 3.73. The van der Waals surface area contributed by atoms with Crippen LogP contribution in [0.1, 0.15) is 22.9 Å².